The predicted molar refractivity (Wildman–Crippen MR) is 109 cm³/mol. The molecule has 1 atom stereocenters. The highest BCUT2D eigenvalue weighted by atomic mass is 35.5. The summed E-state index contributed by atoms with van der Waals surface area (Å²) >= 11 is 7.09. The molecule has 1 unspecified atom stereocenters. The lowest BCUT2D eigenvalue weighted by atomic mass is 9.97. The SMILES string of the molecule is COc1ccc(C=CC(=O)C(C)c2cc3ccc(Cl)cc3sc2=O)cc1. The molecule has 3 rings (SSSR count). The van der Waals surface area contributed by atoms with Gasteiger partial charge in [-0.05, 0) is 47.4 Å². The van der Waals surface area contributed by atoms with Gasteiger partial charge in [0.05, 0.1) is 7.11 Å². The lowest BCUT2D eigenvalue weighted by molar-refractivity contribution is -0.115. The minimum Gasteiger partial charge on any atom is -0.497 e. The third kappa shape index (κ3) is 4.03. The van der Waals surface area contributed by atoms with Crippen LogP contribution in [-0.2, 0) is 4.79 Å². The average Bonchev–Trinajstić information content (AvgIpc) is 2.65. The smallest absolute Gasteiger partial charge is 0.236 e. The van der Waals surface area contributed by atoms with Crippen molar-refractivity contribution in [3.05, 3.63) is 80.3 Å². The van der Waals surface area contributed by atoms with Crippen LogP contribution in [0.15, 0.2) is 59.4 Å². The Labute approximate surface area is 160 Å². The molecule has 0 bridgehead atoms. The number of carbonyl (C=O) groups is 1. The highest BCUT2D eigenvalue weighted by Gasteiger charge is 2.17. The number of ether oxygens (including phenoxy) is 1. The summed E-state index contributed by atoms with van der Waals surface area (Å²) in [7, 11) is 1.61. The largest absolute Gasteiger partial charge is 0.497 e. The van der Waals surface area contributed by atoms with Crippen LogP contribution in [0.4, 0.5) is 0 Å². The molecule has 132 valence electrons. The van der Waals surface area contributed by atoms with Crippen LogP contribution in [0.2, 0.25) is 5.02 Å². The van der Waals surface area contributed by atoms with Crippen LogP contribution in [0.25, 0.3) is 16.2 Å². The maximum atomic E-state index is 12.5. The molecular weight excluding hydrogens is 368 g/mol. The van der Waals surface area contributed by atoms with E-state index in [4.69, 9.17) is 16.3 Å². The summed E-state index contributed by atoms with van der Waals surface area (Å²) < 4.78 is 5.82. The van der Waals surface area contributed by atoms with Crippen molar-refractivity contribution >= 4 is 44.9 Å². The van der Waals surface area contributed by atoms with Crippen molar-refractivity contribution in [2.75, 3.05) is 7.11 Å². The van der Waals surface area contributed by atoms with Crippen molar-refractivity contribution in [1.29, 1.82) is 0 Å². The Kier molecular flexibility index (Phi) is 5.55. The second-order valence-electron chi connectivity index (χ2n) is 5.90. The van der Waals surface area contributed by atoms with Gasteiger partial charge >= 0.3 is 0 Å². The molecule has 0 aliphatic carbocycles. The molecule has 0 saturated heterocycles. The van der Waals surface area contributed by atoms with Crippen molar-refractivity contribution in [2.24, 2.45) is 0 Å². The lowest BCUT2D eigenvalue weighted by Crippen LogP contribution is -2.14. The summed E-state index contributed by atoms with van der Waals surface area (Å²) in [4.78, 5) is 24.9. The normalized spacial score (nSPS) is 12.4. The molecule has 3 aromatic rings. The quantitative estimate of drug-likeness (QED) is 0.560. The number of methoxy groups -OCH3 is 1. The maximum Gasteiger partial charge on any atom is 0.236 e. The summed E-state index contributed by atoms with van der Waals surface area (Å²) in [5, 5.41) is 1.50. The van der Waals surface area contributed by atoms with Gasteiger partial charge in [0.1, 0.15) is 5.75 Å². The first-order valence-electron chi connectivity index (χ1n) is 8.07. The van der Waals surface area contributed by atoms with E-state index < -0.39 is 5.92 Å². The number of halogens is 1. The third-order valence-corrected chi connectivity index (χ3v) is 5.40. The number of rotatable bonds is 5. The fourth-order valence-corrected chi connectivity index (χ4v) is 3.81. The van der Waals surface area contributed by atoms with Gasteiger partial charge in [0.15, 0.2) is 5.78 Å². The second kappa shape index (κ2) is 7.85. The molecule has 0 spiro atoms. The number of ketones is 1. The topological polar surface area (TPSA) is 43.4 Å². The Morgan fingerprint density at radius 3 is 2.58 bits per heavy atom. The Hall–Kier alpha value is -2.43. The van der Waals surface area contributed by atoms with Crippen molar-refractivity contribution in [1.82, 2.24) is 0 Å². The van der Waals surface area contributed by atoms with Gasteiger partial charge < -0.3 is 4.74 Å². The van der Waals surface area contributed by atoms with Crippen molar-refractivity contribution in [3.8, 4) is 5.75 Å². The summed E-state index contributed by atoms with van der Waals surface area (Å²) in [6.45, 7) is 1.76. The molecule has 0 aliphatic heterocycles. The number of hydrogen-bond donors (Lipinski definition) is 0. The van der Waals surface area contributed by atoms with Gasteiger partial charge in [-0.2, -0.15) is 0 Å². The van der Waals surface area contributed by atoms with Gasteiger partial charge in [-0.25, -0.2) is 0 Å². The minimum absolute atomic E-state index is 0.113. The Balaban J connectivity index is 1.84. The van der Waals surface area contributed by atoms with Crippen molar-refractivity contribution < 1.29 is 9.53 Å². The van der Waals surface area contributed by atoms with Crippen molar-refractivity contribution in [3.63, 3.8) is 0 Å². The van der Waals surface area contributed by atoms with E-state index in [1.165, 1.54) is 6.08 Å². The summed E-state index contributed by atoms with van der Waals surface area (Å²) in [6.07, 6.45) is 3.26. The average molecular weight is 385 g/mol. The Bertz CT molecular complexity index is 1040. The van der Waals surface area contributed by atoms with Gasteiger partial charge in [-0.1, -0.05) is 54.1 Å². The van der Waals surface area contributed by atoms with E-state index >= 15 is 0 Å². The Morgan fingerprint density at radius 2 is 1.88 bits per heavy atom. The van der Waals surface area contributed by atoms with Crippen LogP contribution in [0.3, 0.4) is 0 Å². The molecule has 0 fully saturated rings. The third-order valence-electron chi connectivity index (χ3n) is 4.17. The second-order valence-corrected chi connectivity index (χ2v) is 7.35. The van der Waals surface area contributed by atoms with E-state index in [1.54, 1.807) is 38.3 Å². The van der Waals surface area contributed by atoms with Crippen LogP contribution < -0.4 is 9.48 Å². The number of fused-ring (bicyclic) bond motifs is 1. The van der Waals surface area contributed by atoms with Crippen LogP contribution in [0.5, 0.6) is 5.75 Å². The summed E-state index contributed by atoms with van der Waals surface area (Å²) in [5.41, 5.74) is 1.40. The van der Waals surface area contributed by atoms with Gasteiger partial charge in [0, 0.05) is 21.2 Å². The zero-order chi connectivity index (χ0) is 18.7. The summed E-state index contributed by atoms with van der Waals surface area (Å²) in [6, 6.07) is 14.6. The molecule has 0 amide bonds. The van der Waals surface area contributed by atoms with E-state index in [0.29, 0.717) is 10.6 Å². The Morgan fingerprint density at radius 1 is 1.15 bits per heavy atom. The standard InChI is InChI=1S/C21H17ClO3S/c1-13(19(23)10-5-14-3-8-17(25-2)9-4-14)18-11-15-6-7-16(22)12-20(15)26-21(18)24/h3-13H,1-2H3. The molecule has 0 aliphatic rings. The molecule has 2 aromatic carbocycles. The molecule has 1 heterocycles. The molecule has 0 N–H and O–H groups in total. The molecular formula is C21H17ClO3S. The fraction of sp³-hybridized carbons (Fsp3) is 0.143. The first kappa shape index (κ1) is 18.4. The van der Waals surface area contributed by atoms with Crippen molar-refractivity contribution in [2.45, 2.75) is 12.8 Å². The van der Waals surface area contributed by atoms with Gasteiger partial charge in [0.25, 0.3) is 0 Å². The van der Waals surface area contributed by atoms with Crippen LogP contribution >= 0.6 is 22.9 Å². The van der Waals surface area contributed by atoms with Gasteiger partial charge in [0.2, 0.25) is 4.74 Å². The highest BCUT2D eigenvalue weighted by Crippen LogP contribution is 2.25. The number of benzene rings is 2. The maximum absolute atomic E-state index is 12.5. The zero-order valence-electron chi connectivity index (χ0n) is 14.4. The molecule has 1 aromatic heterocycles. The van der Waals surface area contributed by atoms with E-state index in [1.807, 2.05) is 30.3 Å². The van der Waals surface area contributed by atoms with Gasteiger partial charge in [-0.3, -0.25) is 9.59 Å². The molecule has 26 heavy (non-hydrogen) atoms. The molecule has 5 heteroatoms. The molecule has 0 radical (unpaired) electrons. The van der Waals surface area contributed by atoms with E-state index in [9.17, 15) is 9.59 Å². The highest BCUT2D eigenvalue weighted by molar-refractivity contribution is 7.16. The van der Waals surface area contributed by atoms with E-state index in [2.05, 4.69) is 0 Å². The lowest BCUT2D eigenvalue weighted by Gasteiger charge is -2.08. The van der Waals surface area contributed by atoms with Crippen LogP contribution in [0.1, 0.15) is 24.0 Å². The fourth-order valence-electron chi connectivity index (χ4n) is 2.59. The number of hydrogen-bond acceptors (Lipinski definition) is 4. The van der Waals surface area contributed by atoms with E-state index in [-0.39, 0.29) is 10.5 Å². The van der Waals surface area contributed by atoms with Gasteiger partial charge in [-0.15, -0.1) is 0 Å². The number of carbonyl (C=O) groups excluding carboxylic acids is 1. The first-order valence-corrected chi connectivity index (χ1v) is 9.26. The van der Waals surface area contributed by atoms with Crippen LogP contribution in [0, 0.1) is 0 Å². The predicted octanol–water partition coefficient (Wildman–Crippen LogP) is 5.31. The van der Waals surface area contributed by atoms with E-state index in [0.717, 1.165) is 32.7 Å². The first-order chi connectivity index (χ1) is 12.5. The molecule has 3 nitrogen and oxygen atoms in total. The summed E-state index contributed by atoms with van der Waals surface area (Å²) in [5.74, 6) is 0.141. The van der Waals surface area contributed by atoms with Crippen LogP contribution in [-0.4, -0.2) is 12.9 Å². The monoisotopic (exact) mass is 384 g/mol. The minimum atomic E-state index is -0.506. The number of allylic oxidation sites excluding steroid dienone is 1. The molecule has 0 saturated carbocycles. The zero-order valence-corrected chi connectivity index (χ0v) is 15.9.